The Morgan fingerprint density at radius 1 is 1.14 bits per heavy atom. The lowest BCUT2D eigenvalue weighted by atomic mass is 10.1. The highest BCUT2D eigenvalue weighted by Gasteiger charge is 2.20. The van der Waals surface area contributed by atoms with Crippen molar-refractivity contribution < 1.29 is 13.2 Å². The van der Waals surface area contributed by atoms with Crippen LogP contribution in [0.5, 0.6) is 0 Å². The molecule has 1 rings (SSSR count). The van der Waals surface area contributed by atoms with Crippen LogP contribution in [0.15, 0.2) is 29.2 Å². The summed E-state index contributed by atoms with van der Waals surface area (Å²) >= 11 is 0. The van der Waals surface area contributed by atoms with E-state index in [2.05, 4.69) is 12.2 Å². The molecule has 0 saturated carbocycles. The molecule has 4 nitrogen and oxygen atoms in total. The van der Waals surface area contributed by atoms with E-state index in [4.69, 9.17) is 0 Å². The number of carbonyl (C=O) groups excluding carboxylic acids is 1. The lowest BCUT2D eigenvalue weighted by molar-refractivity contribution is -0.119. The Labute approximate surface area is 134 Å². The molecule has 1 unspecified atom stereocenters. The fraction of sp³-hybridized carbons (Fsp3) is 0.588. The van der Waals surface area contributed by atoms with Crippen LogP contribution >= 0.6 is 0 Å². The average molecular weight is 325 g/mol. The Bertz CT molecular complexity index is 564. The summed E-state index contributed by atoms with van der Waals surface area (Å²) in [4.78, 5) is 12.1. The molecule has 22 heavy (non-hydrogen) atoms. The number of hydrogen-bond donors (Lipinski definition) is 1. The Morgan fingerprint density at radius 3 is 2.36 bits per heavy atom. The van der Waals surface area contributed by atoms with Gasteiger partial charge < -0.3 is 5.32 Å². The molecule has 5 heteroatoms. The molecule has 0 aliphatic rings. The van der Waals surface area contributed by atoms with Crippen LogP contribution < -0.4 is 5.32 Å². The summed E-state index contributed by atoms with van der Waals surface area (Å²) in [7, 11) is -3.56. The van der Waals surface area contributed by atoms with E-state index in [0.717, 1.165) is 24.8 Å². The monoisotopic (exact) mass is 325 g/mol. The van der Waals surface area contributed by atoms with E-state index in [1.807, 2.05) is 13.8 Å². The molecule has 0 saturated heterocycles. The summed E-state index contributed by atoms with van der Waals surface area (Å²) in [5.74, 6) is -0.918. The van der Waals surface area contributed by atoms with Crippen LogP contribution in [0, 0.1) is 6.92 Å². The minimum Gasteiger partial charge on any atom is -0.353 e. The molecule has 0 aromatic heterocycles. The van der Waals surface area contributed by atoms with Gasteiger partial charge in [-0.1, -0.05) is 50.3 Å². The third-order valence-corrected chi connectivity index (χ3v) is 5.23. The maximum atomic E-state index is 12.2. The lowest BCUT2D eigenvalue weighted by Gasteiger charge is -2.14. The van der Waals surface area contributed by atoms with Crippen molar-refractivity contribution in [2.24, 2.45) is 0 Å². The third-order valence-electron chi connectivity index (χ3n) is 3.60. The SMILES string of the molecule is CCCCCCC(C)NC(=O)CS(=O)(=O)c1ccc(C)cc1. The first-order valence-corrected chi connectivity index (χ1v) is 9.59. The number of benzene rings is 1. The first-order chi connectivity index (χ1) is 10.3. The Kier molecular flexibility index (Phi) is 7.59. The fourth-order valence-corrected chi connectivity index (χ4v) is 3.41. The second-order valence-electron chi connectivity index (χ2n) is 5.89. The molecule has 0 spiro atoms. The first-order valence-electron chi connectivity index (χ1n) is 7.94. The van der Waals surface area contributed by atoms with Gasteiger partial charge >= 0.3 is 0 Å². The van der Waals surface area contributed by atoms with Gasteiger partial charge in [0.1, 0.15) is 5.75 Å². The standard InChI is InChI=1S/C17H27NO3S/c1-4-5-6-7-8-15(3)18-17(19)13-22(20,21)16-11-9-14(2)10-12-16/h9-12,15H,4-8,13H2,1-3H3,(H,18,19). The molecule has 0 heterocycles. The largest absolute Gasteiger partial charge is 0.353 e. The van der Waals surface area contributed by atoms with E-state index in [9.17, 15) is 13.2 Å². The average Bonchev–Trinajstić information content (AvgIpc) is 2.43. The van der Waals surface area contributed by atoms with Crippen molar-refractivity contribution in [2.45, 2.75) is 63.8 Å². The van der Waals surface area contributed by atoms with Gasteiger partial charge in [-0.05, 0) is 32.4 Å². The van der Waals surface area contributed by atoms with Gasteiger partial charge in [-0.2, -0.15) is 0 Å². The van der Waals surface area contributed by atoms with Crippen molar-refractivity contribution in [1.29, 1.82) is 0 Å². The predicted octanol–water partition coefficient (Wildman–Crippen LogP) is 3.24. The van der Waals surface area contributed by atoms with Gasteiger partial charge in [0.15, 0.2) is 9.84 Å². The summed E-state index contributed by atoms with van der Waals surface area (Å²) in [6.45, 7) is 5.97. The zero-order valence-corrected chi connectivity index (χ0v) is 14.6. The van der Waals surface area contributed by atoms with Crippen molar-refractivity contribution >= 4 is 15.7 Å². The summed E-state index contributed by atoms with van der Waals surface area (Å²) in [6.07, 6.45) is 5.46. The van der Waals surface area contributed by atoms with Gasteiger partial charge in [-0.15, -0.1) is 0 Å². The Hall–Kier alpha value is -1.36. The summed E-state index contributed by atoms with van der Waals surface area (Å²) in [5, 5.41) is 2.78. The lowest BCUT2D eigenvalue weighted by Crippen LogP contribution is -2.36. The van der Waals surface area contributed by atoms with Gasteiger partial charge in [-0.3, -0.25) is 4.79 Å². The normalized spacial score (nSPS) is 12.9. The number of nitrogens with one attached hydrogen (secondary N) is 1. The molecule has 1 amide bonds. The maximum Gasteiger partial charge on any atom is 0.235 e. The summed E-state index contributed by atoms with van der Waals surface area (Å²) in [6, 6.07) is 6.58. The molecule has 0 bridgehead atoms. The van der Waals surface area contributed by atoms with E-state index in [1.54, 1.807) is 24.3 Å². The molecule has 1 aromatic carbocycles. The fourth-order valence-electron chi connectivity index (χ4n) is 2.27. The number of sulfone groups is 1. The quantitative estimate of drug-likeness (QED) is 0.709. The van der Waals surface area contributed by atoms with E-state index in [1.165, 1.54) is 12.8 Å². The van der Waals surface area contributed by atoms with Crippen LogP contribution in [0.2, 0.25) is 0 Å². The van der Waals surface area contributed by atoms with Crippen LogP contribution in [-0.4, -0.2) is 26.1 Å². The molecular weight excluding hydrogens is 298 g/mol. The number of rotatable bonds is 9. The van der Waals surface area contributed by atoms with E-state index < -0.39 is 21.5 Å². The first kappa shape index (κ1) is 18.7. The molecule has 0 aliphatic carbocycles. The van der Waals surface area contributed by atoms with Crippen LogP contribution in [0.3, 0.4) is 0 Å². The smallest absolute Gasteiger partial charge is 0.235 e. The topological polar surface area (TPSA) is 63.2 Å². The van der Waals surface area contributed by atoms with Crippen LogP contribution in [0.25, 0.3) is 0 Å². The van der Waals surface area contributed by atoms with Gasteiger partial charge in [0, 0.05) is 6.04 Å². The Morgan fingerprint density at radius 2 is 1.77 bits per heavy atom. The summed E-state index contributed by atoms with van der Waals surface area (Å²) in [5.41, 5.74) is 0.990. The van der Waals surface area contributed by atoms with Crippen molar-refractivity contribution in [3.8, 4) is 0 Å². The van der Waals surface area contributed by atoms with Gasteiger partial charge in [-0.25, -0.2) is 8.42 Å². The second-order valence-corrected chi connectivity index (χ2v) is 7.88. The van der Waals surface area contributed by atoms with Gasteiger partial charge in [0.05, 0.1) is 4.90 Å². The molecule has 124 valence electrons. The predicted molar refractivity (Wildman–Crippen MR) is 89.6 cm³/mol. The highest BCUT2D eigenvalue weighted by molar-refractivity contribution is 7.92. The van der Waals surface area contributed by atoms with E-state index >= 15 is 0 Å². The molecular formula is C17H27NO3S. The number of aryl methyl sites for hydroxylation is 1. The minimum atomic E-state index is -3.56. The third kappa shape index (κ3) is 6.60. The van der Waals surface area contributed by atoms with Gasteiger partial charge in [0.25, 0.3) is 0 Å². The molecule has 0 aliphatic heterocycles. The molecule has 0 fully saturated rings. The highest BCUT2D eigenvalue weighted by Crippen LogP contribution is 2.12. The van der Waals surface area contributed by atoms with Crippen LogP contribution in [0.4, 0.5) is 0 Å². The maximum absolute atomic E-state index is 12.2. The molecule has 1 N–H and O–H groups in total. The number of carbonyl (C=O) groups is 1. The van der Waals surface area contributed by atoms with Crippen LogP contribution in [-0.2, 0) is 14.6 Å². The molecule has 1 atom stereocenters. The van der Waals surface area contributed by atoms with E-state index in [0.29, 0.717) is 0 Å². The molecule has 0 radical (unpaired) electrons. The number of amides is 1. The van der Waals surface area contributed by atoms with E-state index in [-0.39, 0.29) is 10.9 Å². The van der Waals surface area contributed by atoms with Crippen LogP contribution in [0.1, 0.15) is 51.5 Å². The van der Waals surface area contributed by atoms with Crippen molar-refractivity contribution in [2.75, 3.05) is 5.75 Å². The second kappa shape index (κ2) is 8.93. The minimum absolute atomic E-state index is 0.0116. The van der Waals surface area contributed by atoms with Gasteiger partial charge in [0.2, 0.25) is 5.91 Å². The number of unbranched alkanes of at least 4 members (excludes halogenated alkanes) is 3. The van der Waals surface area contributed by atoms with Crippen molar-refractivity contribution in [3.63, 3.8) is 0 Å². The zero-order valence-electron chi connectivity index (χ0n) is 13.8. The highest BCUT2D eigenvalue weighted by atomic mass is 32.2. The molecule has 1 aromatic rings. The Balaban J connectivity index is 2.48. The van der Waals surface area contributed by atoms with Crippen molar-refractivity contribution in [3.05, 3.63) is 29.8 Å². The summed E-state index contributed by atoms with van der Waals surface area (Å²) < 4.78 is 24.3. The zero-order chi connectivity index (χ0) is 16.6. The van der Waals surface area contributed by atoms with Crippen molar-refractivity contribution in [1.82, 2.24) is 5.32 Å². The number of hydrogen-bond acceptors (Lipinski definition) is 3.